The van der Waals surface area contributed by atoms with Crippen molar-refractivity contribution in [1.82, 2.24) is 9.97 Å². The molecule has 0 radical (unpaired) electrons. The van der Waals surface area contributed by atoms with Gasteiger partial charge in [0.05, 0.1) is 6.10 Å². The number of rotatable bonds is 2. The molecule has 0 amide bonds. The fraction of sp³-hybridized carbons (Fsp3) is 0.600. The highest BCUT2D eigenvalue weighted by Gasteiger charge is 2.26. The third-order valence-corrected chi connectivity index (χ3v) is 3.71. The summed E-state index contributed by atoms with van der Waals surface area (Å²) in [6.45, 7) is 1.97. The van der Waals surface area contributed by atoms with Gasteiger partial charge in [-0.25, -0.2) is 9.97 Å². The second-order valence-electron chi connectivity index (χ2n) is 3.70. The molecule has 0 aromatic carbocycles. The third-order valence-electron chi connectivity index (χ3n) is 2.43. The number of aryl methyl sites for hydroxylation is 1. The zero-order chi connectivity index (χ0) is 9.97. The van der Waals surface area contributed by atoms with Crippen LogP contribution in [0.5, 0.6) is 0 Å². The minimum absolute atomic E-state index is 0.176. The standard InChI is InChI=1S/C10H14N2OS/c1-7-5-11-10(12-6-7)14-9-4-2-3-8(9)13/h5-6,8-9,13H,2-4H2,1H3/t8-,9-/m0/s1. The molecule has 1 aliphatic carbocycles. The first kappa shape index (κ1) is 9.93. The summed E-state index contributed by atoms with van der Waals surface area (Å²) >= 11 is 1.60. The summed E-state index contributed by atoms with van der Waals surface area (Å²) in [5.74, 6) is 0. The first-order chi connectivity index (χ1) is 6.75. The van der Waals surface area contributed by atoms with Crippen LogP contribution in [0.4, 0.5) is 0 Å². The van der Waals surface area contributed by atoms with Gasteiger partial charge in [0.25, 0.3) is 0 Å². The van der Waals surface area contributed by atoms with E-state index >= 15 is 0 Å². The average molecular weight is 210 g/mol. The van der Waals surface area contributed by atoms with Crippen molar-refractivity contribution in [1.29, 1.82) is 0 Å². The fourth-order valence-corrected chi connectivity index (χ4v) is 2.70. The summed E-state index contributed by atoms with van der Waals surface area (Å²) in [4.78, 5) is 8.43. The maximum Gasteiger partial charge on any atom is 0.187 e. The second kappa shape index (κ2) is 4.28. The van der Waals surface area contributed by atoms with E-state index in [0.717, 1.165) is 30.0 Å². The molecule has 0 spiro atoms. The summed E-state index contributed by atoms with van der Waals surface area (Å²) in [6.07, 6.45) is 6.56. The number of hydrogen-bond acceptors (Lipinski definition) is 4. The molecule has 3 nitrogen and oxygen atoms in total. The van der Waals surface area contributed by atoms with Gasteiger partial charge < -0.3 is 5.11 Å². The lowest BCUT2D eigenvalue weighted by molar-refractivity contribution is 0.188. The Kier molecular flexibility index (Phi) is 3.03. The Morgan fingerprint density at radius 2 is 2.07 bits per heavy atom. The van der Waals surface area contributed by atoms with Crippen molar-refractivity contribution in [2.75, 3.05) is 0 Å². The van der Waals surface area contributed by atoms with Gasteiger partial charge in [-0.1, -0.05) is 11.8 Å². The van der Waals surface area contributed by atoms with E-state index in [4.69, 9.17) is 0 Å². The fourth-order valence-electron chi connectivity index (χ4n) is 1.62. The average Bonchev–Trinajstić information content (AvgIpc) is 2.56. The summed E-state index contributed by atoms with van der Waals surface area (Å²) in [5.41, 5.74) is 1.07. The molecule has 1 aromatic rings. The van der Waals surface area contributed by atoms with Gasteiger partial charge in [0.2, 0.25) is 0 Å². The van der Waals surface area contributed by atoms with E-state index in [1.54, 1.807) is 11.8 Å². The molecule has 1 aromatic heterocycles. The van der Waals surface area contributed by atoms with Gasteiger partial charge in [-0.2, -0.15) is 0 Å². The van der Waals surface area contributed by atoms with Crippen LogP contribution in [0.2, 0.25) is 0 Å². The molecule has 0 bridgehead atoms. The highest BCUT2D eigenvalue weighted by Crippen LogP contribution is 2.32. The lowest BCUT2D eigenvalue weighted by Gasteiger charge is -2.11. The first-order valence-electron chi connectivity index (χ1n) is 4.89. The maximum atomic E-state index is 9.63. The molecule has 1 aliphatic rings. The van der Waals surface area contributed by atoms with Crippen molar-refractivity contribution in [2.45, 2.75) is 42.7 Å². The number of aliphatic hydroxyl groups is 1. The van der Waals surface area contributed by atoms with Crippen molar-refractivity contribution >= 4 is 11.8 Å². The zero-order valence-electron chi connectivity index (χ0n) is 8.18. The molecule has 2 atom stereocenters. The van der Waals surface area contributed by atoms with E-state index in [1.807, 2.05) is 19.3 Å². The molecule has 2 rings (SSSR count). The highest BCUT2D eigenvalue weighted by molar-refractivity contribution is 7.99. The monoisotopic (exact) mass is 210 g/mol. The Morgan fingerprint density at radius 3 is 2.64 bits per heavy atom. The number of aromatic nitrogens is 2. The Labute approximate surface area is 88.0 Å². The Morgan fingerprint density at radius 1 is 1.36 bits per heavy atom. The highest BCUT2D eigenvalue weighted by atomic mass is 32.2. The first-order valence-corrected chi connectivity index (χ1v) is 5.77. The van der Waals surface area contributed by atoms with Crippen LogP contribution < -0.4 is 0 Å². The van der Waals surface area contributed by atoms with Gasteiger partial charge in [-0.15, -0.1) is 0 Å². The molecule has 76 valence electrons. The number of aliphatic hydroxyl groups excluding tert-OH is 1. The van der Waals surface area contributed by atoms with Crippen LogP contribution in [0.15, 0.2) is 17.6 Å². The number of thioether (sulfide) groups is 1. The molecule has 4 heteroatoms. The van der Waals surface area contributed by atoms with Crippen molar-refractivity contribution in [3.63, 3.8) is 0 Å². The lowest BCUT2D eigenvalue weighted by Crippen LogP contribution is -2.15. The van der Waals surface area contributed by atoms with Gasteiger partial charge in [0, 0.05) is 17.6 Å². The van der Waals surface area contributed by atoms with E-state index in [0.29, 0.717) is 0 Å². The summed E-state index contributed by atoms with van der Waals surface area (Å²) in [6, 6.07) is 0. The second-order valence-corrected chi connectivity index (χ2v) is 4.90. The minimum atomic E-state index is -0.176. The topological polar surface area (TPSA) is 46.0 Å². The van der Waals surface area contributed by atoms with Crippen LogP contribution in [0.25, 0.3) is 0 Å². The minimum Gasteiger partial charge on any atom is -0.392 e. The van der Waals surface area contributed by atoms with Gasteiger partial charge in [-0.05, 0) is 31.7 Å². The number of nitrogens with zero attached hydrogens (tertiary/aromatic N) is 2. The van der Waals surface area contributed by atoms with Crippen molar-refractivity contribution in [2.24, 2.45) is 0 Å². The third kappa shape index (κ3) is 2.25. The molecule has 0 saturated heterocycles. The maximum absolute atomic E-state index is 9.63. The Bertz CT molecular complexity index is 301. The van der Waals surface area contributed by atoms with E-state index in [2.05, 4.69) is 9.97 Å². The molecule has 1 fully saturated rings. The van der Waals surface area contributed by atoms with Gasteiger partial charge >= 0.3 is 0 Å². The summed E-state index contributed by atoms with van der Waals surface area (Å²) < 4.78 is 0. The molecule has 1 heterocycles. The van der Waals surface area contributed by atoms with Crippen LogP contribution in [-0.2, 0) is 0 Å². The summed E-state index contributed by atoms with van der Waals surface area (Å²) in [5, 5.41) is 10.7. The van der Waals surface area contributed by atoms with E-state index in [9.17, 15) is 5.11 Å². The molecule has 14 heavy (non-hydrogen) atoms. The Hall–Kier alpha value is -0.610. The molecule has 1 saturated carbocycles. The smallest absolute Gasteiger partial charge is 0.187 e. The van der Waals surface area contributed by atoms with E-state index in [1.165, 1.54) is 0 Å². The molecular weight excluding hydrogens is 196 g/mol. The van der Waals surface area contributed by atoms with Crippen molar-refractivity contribution in [3.05, 3.63) is 18.0 Å². The van der Waals surface area contributed by atoms with E-state index < -0.39 is 0 Å². The van der Waals surface area contributed by atoms with Crippen molar-refractivity contribution < 1.29 is 5.11 Å². The molecule has 0 aliphatic heterocycles. The largest absolute Gasteiger partial charge is 0.392 e. The predicted octanol–water partition coefficient (Wildman–Crippen LogP) is 1.79. The molecule has 1 N–H and O–H groups in total. The van der Waals surface area contributed by atoms with Crippen molar-refractivity contribution in [3.8, 4) is 0 Å². The van der Waals surface area contributed by atoms with Crippen LogP contribution in [0, 0.1) is 6.92 Å². The van der Waals surface area contributed by atoms with Crippen LogP contribution >= 0.6 is 11.8 Å². The van der Waals surface area contributed by atoms with Crippen LogP contribution in [0.3, 0.4) is 0 Å². The normalized spacial score (nSPS) is 26.7. The van der Waals surface area contributed by atoms with E-state index in [-0.39, 0.29) is 11.4 Å². The van der Waals surface area contributed by atoms with Gasteiger partial charge in [-0.3, -0.25) is 0 Å². The SMILES string of the molecule is Cc1cnc(S[C@H]2CCC[C@@H]2O)nc1. The number of hydrogen-bond donors (Lipinski definition) is 1. The Balaban J connectivity index is 2.00. The predicted molar refractivity (Wildman–Crippen MR) is 56.3 cm³/mol. The van der Waals surface area contributed by atoms with Gasteiger partial charge in [0.1, 0.15) is 0 Å². The quantitative estimate of drug-likeness (QED) is 0.756. The molecular formula is C10H14N2OS. The molecule has 0 unspecified atom stereocenters. The lowest BCUT2D eigenvalue weighted by atomic mass is 10.3. The summed E-state index contributed by atoms with van der Waals surface area (Å²) in [7, 11) is 0. The van der Waals surface area contributed by atoms with Gasteiger partial charge in [0.15, 0.2) is 5.16 Å². The van der Waals surface area contributed by atoms with Crippen LogP contribution in [-0.4, -0.2) is 26.4 Å². The van der Waals surface area contributed by atoms with Crippen LogP contribution in [0.1, 0.15) is 24.8 Å². The zero-order valence-corrected chi connectivity index (χ0v) is 9.00.